The number of hydrogen-bond donors (Lipinski definition) is 1. The summed E-state index contributed by atoms with van der Waals surface area (Å²) in [6.45, 7) is 2.33. The largest absolute Gasteiger partial charge is 0.492 e. The van der Waals surface area contributed by atoms with E-state index >= 15 is 0 Å². The molecule has 0 atom stereocenters. The number of nitrogens with one attached hydrogen (secondary N) is 1. The van der Waals surface area contributed by atoms with E-state index in [9.17, 15) is 8.42 Å². The van der Waals surface area contributed by atoms with Crippen LogP contribution in [0.15, 0.2) is 53.0 Å². The van der Waals surface area contributed by atoms with Gasteiger partial charge in [0.2, 0.25) is 10.0 Å². The molecule has 0 heterocycles. The standard InChI is InChI=1S/C15H16BrNO3S/c1-2-20-15-6-4-3-5-14(15)17-21(18,19)11-12-7-9-13(16)10-8-12/h3-10,17H,2,11H2,1H3. The molecule has 2 aromatic rings. The molecule has 1 N–H and O–H groups in total. The minimum Gasteiger partial charge on any atom is -0.492 e. The third kappa shape index (κ3) is 4.75. The van der Waals surface area contributed by atoms with E-state index < -0.39 is 10.0 Å². The van der Waals surface area contributed by atoms with Crippen LogP contribution in [0, 0.1) is 0 Å². The van der Waals surface area contributed by atoms with Crippen molar-refractivity contribution in [3.05, 3.63) is 58.6 Å². The number of sulfonamides is 1. The summed E-state index contributed by atoms with van der Waals surface area (Å²) in [7, 11) is -3.49. The molecular weight excluding hydrogens is 354 g/mol. The highest BCUT2D eigenvalue weighted by molar-refractivity contribution is 9.10. The minimum atomic E-state index is -3.49. The van der Waals surface area contributed by atoms with Crippen molar-refractivity contribution >= 4 is 31.6 Å². The van der Waals surface area contributed by atoms with Gasteiger partial charge in [0.1, 0.15) is 5.75 Å². The average molecular weight is 370 g/mol. The molecule has 0 saturated carbocycles. The van der Waals surface area contributed by atoms with Gasteiger partial charge in [0.15, 0.2) is 0 Å². The molecule has 0 aliphatic rings. The van der Waals surface area contributed by atoms with E-state index in [0.29, 0.717) is 18.0 Å². The summed E-state index contributed by atoms with van der Waals surface area (Å²) >= 11 is 3.32. The summed E-state index contributed by atoms with van der Waals surface area (Å²) in [6, 6.07) is 14.2. The van der Waals surface area contributed by atoms with Gasteiger partial charge in [-0.15, -0.1) is 0 Å². The monoisotopic (exact) mass is 369 g/mol. The summed E-state index contributed by atoms with van der Waals surface area (Å²) in [5.41, 5.74) is 1.18. The molecule has 112 valence electrons. The fourth-order valence-electron chi connectivity index (χ4n) is 1.84. The van der Waals surface area contributed by atoms with E-state index in [2.05, 4.69) is 20.7 Å². The van der Waals surface area contributed by atoms with Crippen LogP contribution in [0.4, 0.5) is 5.69 Å². The lowest BCUT2D eigenvalue weighted by Gasteiger charge is -2.12. The Morgan fingerprint density at radius 1 is 1.10 bits per heavy atom. The molecule has 0 spiro atoms. The van der Waals surface area contributed by atoms with Crippen molar-refractivity contribution in [1.29, 1.82) is 0 Å². The molecule has 0 unspecified atom stereocenters. The Morgan fingerprint density at radius 2 is 1.76 bits per heavy atom. The molecule has 0 aliphatic carbocycles. The number of ether oxygens (including phenoxy) is 1. The van der Waals surface area contributed by atoms with Crippen molar-refractivity contribution in [3.63, 3.8) is 0 Å². The van der Waals surface area contributed by atoms with Crippen LogP contribution in [-0.2, 0) is 15.8 Å². The molecule has 4 nitrogen and oxygen atoms in total. The van der Waals surface area contributed by atoms with Crippen LogP contribution in [0.1, 0.15) is 12.5 Å². The fourth-order valence-corrected chi connectivity index (χ4v) is 3.31. The maximum absolute atomic E-state index is 12.2. The number of halogens is 1. The van der Waals surface area contributed by atoms with Gasteiger partial charge in [-0.3, -0.25) is 4.72 Å². The molecule has 0 amide bonds. The van der Waals surface area contributed by atoms with Crippen LogP contribution in [0.2, 0.25) is 0 Å². The first-order valence-electron chi connectivity index (χ1n) is 6.47. The number of benzene rings is 2. The molecule has 21 heavy (non-hydrogen) atoms. The minimum absolute atomic E-state index is 0.0826. The van der Waals surface area contributed by atoms with E-state index in [1.54, 1.807) is 36.4 Å². The van der Waals surface area contributed by atoms with Gasteiger partial charge < -0.3 is 4.74 Å². The topological polar surface area (TPSA) is 55.4 Å². The van der Waals surface area contributed by atoms with Crippen LogP contribution in [0.5, 0.6) is 5.75 Å². The first kappa shape index (κ1) is 15.9. The number of rotatable bonds is 6. The van der Waals surface area contributed by atoms with Crippen molar-refractivity contribution in [2.75, 3.05) is 11.3 Å². The number of anilines is 1. The van der Waals surface area contributed by atoms with Gasteiger partial charge in [0, 0.05) is 4.47 Å². The third-order valence-electron chi connectivity index (χ3n) is 2.72. The summed E-state index contributed by atoms with van der Waals surface area (Å²) in [5, 5.41) is 0. The lowest BCUT2D eigenvalue weighted by Crippen LogP contribution is -2.15. The summed E-state index contributed by atoms with van der Waals surface area (Å²) < 4.78 is 33.4. The van der Waals surface area contributed by atoms with Gasteiger partial charge in [0.25, 0.3) is 0 Å². The highest BCUT2D eigenvalue weighted by atomic mass is 79.9. The Morgan fingerprint density at radius 3 is 2.43 bits per heavy atom. The van der Waals surface area contributed by atoms with Crippen LogP contribution < -0.4 is 9.46 Å². The second-order valence-corrected chi connectivity index (χ2v) is 7.05. The van der Waals surface area contributed by atoms with Crippen molar-refractivity contribution in [3.8, 4) is 5.75 Å². The van der Waals surface area contributed by atoms with Gasteiger partial charge >= 0.3 is 0 Å². The number of hydrogen-bond acceptors (Lipinski definition) is 3. The van der Waals surface area contributed by atoms with E-state index in [0.717, 1.165) is 10.0 Å². The van der Waals surface area contributed by atoms with Crippen LogP contribution >= 0.6 is 15.9 Å². The average Bonchev–Trinajstić information content (AvgIpc) is 2.43. The Bertz CT molecular complexity index is 699. The van der Waals surface area contributed by atoms with Crippen molar-refractivity contribution in [2.24, 2.45) is 0 Å². The molecule has 2 aromatic carbocycles. The fraction of sp³-hybridized carbons (Fsp3) is 0.200. The zero-order chi connectivity index (χ0) is 15.3. The van der Waals surface area contributed by atoms with E-state index in [-0.39, 0.29) is 5.75 Å². The lowest BCUT2D eigenvalue weighted by atomic mass is 10.2. The second kappa shape index (κ2) is 6.95. The van der Waals surface area contributed by atoms with Crippen molar-refractivity contribution in [1.82, 2.24) is 0 Å². The molecule has 0 radical (unpaired) electrons. The molecule has 0 aromatic heterocycles. The van der Waals surface area contributed by atoms with Gasteiger partial charge in [-0.25, -0.2) is 8.42 Å². The van der Waals surface area contributed by atoms with Gasteiger partial charge in [-0.2, -0.15) is 0 Å². The zero-order valence-electron chi connectivity index (χ0n) is 11.5. The molecule has 0 bridgehead atoms. The van der Waals surface area contributed by atoms with Crippen LogP contribution in [0.3, 0.4) is 0 Å². The normalized spacial score (nSPS) is 11.1. The van der Waals surface area contributed by atoms with E-state index in [4.69, 9.17) is 4.74 Å². The predicted molar refractivity (Wildman–Crippen MR) is 88.0 cm³/mol. The van der Waals surface area contributed by atoms with Crippen LogP contribution in [0.25, 0.3) is 0 Å². The Balaban J connectivity index is 2.16. The molecule has 2 rings (SSSR count). The van der Waals surface area contributed by atoms with Gasteiger partial charge in [0.05, 0.1) is 18.0 Å². The van der Waals surface area contributed by atoms with Gasteiger partial charge in [-0.05, 0) is 36.8 Å². The maximum Gasteiger partial charge on any atom is 0.237 e. The molecule has 0 fully saturated rings. The van der Waals surface area contributed by atoms with Crippen molar-refractivity contribution in [2.45, 2.75) is 12.7 Å². The summed E-state index contributed by atoms with van der Waals surface area (Å²) in [6.07, 6.45) is 0. The second-order valence-electron chi connectivity index (χ2n) is 4.42. The highest BCUT2D eigenvalue weighted by Gasteiger charge is 2.14. The Labute approximate surface area is 133 Å². The SMILES string of the molecule is CCOc1ccccc1NS(=O)(=O)Cc1ccc(Br)cc1. The Kier molecular flexibility index (Phi) is 5.25. The predicted octanol–water partition coefficient (Wildman–Crippen LogP) is 3.79. The summed E-state index contributed by atoms with van der Waals surface area (Å²) in [5.74, 6) is 0.445. The van der Waals surface area contributed by atoms with E-state index in [1.807, 2.05) is 19.1 Å². The number of para-hydroxylation sites is 2. The molecule has 0 saturated heterocycles. The quantitative estimate of drug-likeness (QED) is 0.842. The lowest BCUT2D eigenvalue weighted by molar-refractivity contribution is 0.342. The molecule has 6 heteroatoms. The first-order valence-corrected chi connectivity index (χ1v) is 8.91. The highest BCUT2D eigenvalue weighted by Crippen LogP contribution is 2.25. The van der Waals surface area contributed by atoms with E-state index in [1.165, 1.54) is 0 Å². The zero-order valence-corrected chi connectivity index (χ0v) is 13.9. The smallest absolute Gasteiger partial charge is 0.237 e. The molecular formula is C15H16BrNO3S. The molecule has 0 aliphatic heterocycles. The third-order valence-corrected chi connectivity index (χ3v) is 4.50. The first-order chi connectivity index (χ1) is 10.00. The maximum atomic E-state index is 12.2. The summed E-state index contributed by atoms with van der Waals surface area (Å²) in [4.78, 5) is 0. The van der Waals surface area contributed by atoms with Crippen molar-refractivity contribution < 1.29 is 13.2 Å². The van der Waals surface area contributed by atoms with Gasteiger partial charge in [-0.1, -0.05) is 40.2 Å². The Hall–Kier alpha value is -1.53. The van der Waals surface area contributed by atoms with Crippen LogP contribution in [-0.4, -0.2) is 15.0 Å².